The lowest BCUT2D eigenvalue weighted by Gasteiger charge is -2.20. The van der Waals surface area contributed by atoms with Crippen molar-refractivity contribution in [2.45, 2.75) is 56.7 Å². The van der Waals surface area contributed by atoms with Gasteiger partial charge in [-0.1, -0.05) is 68.9 Å². The van der Waals surface area contributed by atoms with E-state index in [0.29, 0.717) is 28.8 Å². The molecule has 0 aliphatic heterocycles. The van der Waals surface area contributed by atoms with E-state index >= 15 is 0 Å². The fourth-order valence-electron chi connectivity index (χ4n) is 3.06. The van der Waals surface area contributed by atoms with Crippen LogP contribution >= 0.6 is 11.8 Å². The molecule has 0 bridgehead atoms. The van der Waals surface area contributed by atoms with Gasteiger partial charge in [0, 0.05) is 12.3 Å². The highest BCUT2D eigenvalue weighted by Gasteiger charge is 2.20. The molecule has 0 saturated carbocycles. The van der Waals surface area contributed by atoms with Gasteiger partial charge in [0.15, 0.2) is 17.1 Å². The molecule has 0 aliphatic rings. The SMILES string of the molecule is C=CCn1c(SCc2ccccc2F)nnc1C(C)Oc1ccc(C(C)(C)C)cc1. The van der Waals surface area contributed by atoms with Crippen molar-refractivity contribution in [3.63, 3.8) is 0 Å². The number of hydrogen-bond donors (Lipinski definition) is 0. The van der Waals surface area contributed by atoms with Crippen LogP contribution in [0.2, 0.25) is 0 Å². The van der Waals surface area contributed by atoms with E-state index in [2.05, 4.69) is 49.7 Å². The first-order chi connectivity index (χ1) is 14.3. The van der Waals surface area contributed by atoms with Gasteiger partial charge in [-0.2, -0.15) is 0 Å². The second-order valence-electron chi connectivity index (χ2n) is 8.15. The summed E-state index contributed by atoms with van der Waals surface area (Å²) in [5, 5.41) is 9.38. The third kappa shape index (κ3) is 5.30. The zero-order chi connectivity index (χ0) is 21.7. The Morgan fingerprint density at radius 2 is 1.83 bits per heavy atom. The molecule has 0 radical (unpaired) electrons. The Hall–Kier alpha value is -2.60. The Balaban J connectivity index is 1.75. The minimum Gasteiger partial charge on any atom is -0.483 e. The minimum atomic E-state index is -0.291. The van der Waals surface area contributed by atoms with E-state index in [0.717, 1.165) is 5.75 Å². The Morgan fingerprint density at radius 1 is 1.13 bits per heavy atom. The number of thioether (sulfide) groups is 1. The standard InChI is InChI=1S/C24H28FN3OS/c1-6-15-28-22(17(2)29-20-13-11-19(12-14-20)24(3,4)5)26-27-23(28)30-16-18-9-7-8-10-21(18)25/h6-14,17H,1,15-16H2,2-5H3. The van der Waals surface area contributed by atoms with Crippen LogP contribution in [0.15, 0.2) is 66.3 Å². The molecule has 1 heterocycles. The van der Waals surface area contributed by atoms with E-state index in [-0.39, 0.29) is 17.3 Å². The largest absolute Gasteiger partial charge is 0.483 e. The molecule has 6 heteroatoms. The maximum atomic E-state index is 13.9. The average Bonchev–Trinajstić information content (AvgIpc) is 3.10. The summed E-state index contributed by atoms with van der Waals surface area (Å²) in [7, 11) is 0. The second kappa shape index (κ2) is 9.47. The Labute approximate surface area is 182 Å². The van der Waals surface area contributed by atoms with Gasteiger partial charge in [-0.15, -0.1) is 16.8 Å². The normalized spacial score (nSPS) is 12.6. The molecule has 1 aromatic heterocycles. The van der Waals surface area contributed by atoms with Gasteiger partial charge in [0.2, 0.25) is 0 Å². The van der Waals surface area contributed by atoms with E-state index in [1.54, 1.807) is 18.2 Å². The van der Waals surface area contributed by atoms with E-state index in [4.69, 9.17) is 4.74 Å². The summed E-state index contributed by atoms with van der Waals surface area (Å²) in [6, 6.07) is 14.9. The lowest BCUT2D eigenvalue weighted by molar-refractivity contribution is 0.210. The molecular formula is C24H28FN3OS. The minimum absolute atomic E-state index is 0.0959. The van der Waals surface area contributed by atoms with Gasteiger partial charge in [0.05, 0.1) is 0 Å². The Kier molecular flexibility index (Phi) is 6.98. The molecule has 0 N–H and O–H groups in total. The molecule has 0 saturated heterocycles. The lowest BCUT2D eigenvalue weighted by Crippen LogP contribution is -2.13. The number of allylic oxidation sites excluding steroid dienone is 1. The molecule has 0 aliphatic carbocycles. The van der Waals surface area contributed by atoms with Crippen molar-refractivity contribution in [2.75, 3.05) is 0 Å². The molecule has 2 aromatic carbocycles. The van der Waals surface area contributed by atoms with Gasteiger partial charge in [0.1, 0.15) is 11.6 Å². The molecule has 30 heavy (non-hydrogen) atoms. The molecular weight excluding hydrogens is 397 g/mol. The predicted octanol–water partition coefficient (Wildman–Crippen LogP) is 6.33. The highest BCUT2D eigenvalue weighted by atomic mass is 32.2. The van der Waals surface area contributed by atoms with Crippen LogP contribution in [0.3, 0.4) is 0 Å². The van der Waals surface area contributed by atoms with E-state index in [1.807, 2.05) is 29.7 Å². The van der Waals surface area contributed by atoms with Gasteiger partial charge >= 0.3 is 0 Å². The van der Waals surface area contributed by atoms with Crippen LogP contribution in [0, 0.1) is 5.82 Å². The topological polar surface area (TPSA) is 39.9 Å². The molecule has 1 unspecified atom stereocenters. The summed E-state index contributed by atoms with van der Waals surface area (Å²) in [4.78, 5) is 0. The van der Waals surface area contributed by atoms with Crippen molar-refractivity contribution in [3.8, 4) is 5.75 Å². The average molecular weight is 426 g/mol. The van der Waals surface area contributed by atoms with E-state index < -0.39 is 0 Å². The smallest absolute Gasteiger partial charge is 0.191 e. The van der Waals surface area contributed by atoms with Gasteiger partial charge in [0.25, 0.3) is 0 Å². The number of hydrogen-bond acceptors (Lipinski definition) is 4. The lowest BCUT2D eigenvalue weighted by atomic mass is 9.87. The first-order valence-electron chi connectivity index (χ1n) is 9.97. The quantitative estimate of drug-likeness (QED) is 0.312. The summed E-state index contributed by atoms with van der Waals surface area (Å²) >= 11 is 1.45. The predicted molar refractivity (Wildman–Crippen MR) is 120 cm³/mol. The summed E-state index contributed by atoms with van der Waals surface area (Å²) in [5.41, 5.74) is 1.99. The monoisotopic (exact) mass is 425 g/mol. The third-order valence-electron chi connectivity index (χ3n) is 4.77. The summed E-state index contributed by atoms with van der Waals surface area (Å²) in [6.45, 7) is 12.9. The molecule has 158 valence electrons. The molecule has 0 fully saturated rings. The fourth-order valence-corrected chi connectivity index (χ4v) is 4.00. The maximum absolute atomic E-state index is 13.9. The van der Waals surface area contributed by atoms with Gasteiger partial charge < -0.3 is 4.74 Å². The van der Waals surface area contributed by atoms with Gasteiger partial charge in [-0.25, -0.2) is 4.39 Å². The first kappa shape index (κ1) is 22.1. The fraction of sp³-hybridized carbons (Fsp3) is 0.333. The molecule has 0 spiro atoms. The Bertz CT molecular complexity index is 992. The molecule has 3 rings (SSSR count). The van der Waals surface area contributed by atoms with Crippen LogP contribution < -0.4 is 4.74 Å². The summed E-state index contributed by atoms with van der Waals surface area (Å²) in [5.74, 6) is 1.76. The number of nitrogens with zero attached hydrogens (tertiary/aromatic N) is 3. The first-order valence-corrected chi connectivity index (χ1v) is 11.0. The van der Waals surface area contributed by atoms with E-state index in [9.17, 15) is 4.39 Å². The van der Waals surface area contributed by atoms with Crippen LogP contribution in [-0.4, -0.2) is 14.8 Å². The van der Waals surface area contributed by atoms with Crippen molar-refractivity contribution in [1.29, 1.82) is 0 Å². The van der Waals surface area contributed by atoms with Gasteiger partial charge in [-0.3, -0.25) is 4.57 Å². The number of aromatic nitrogens is 3. The van der Waals surface area contributed by atoms with Crippen molar-refractivity contribution in [1.82, 2.24) is 14.8 Å². The summed E-state index contributed by atoms with van der Waals surface area (Å²) < 4.78 is 22.0. The van der Waals surface area contributed by atoms with Crippen molar-refractivity contribution >= 4 is 11.8 Å². The molecule has 3 aromatic rings. The van der Waals surface area contributed by atoms with Crippen LogP contribution in [0.25, 0.3) is 0 Å². The zero-order valence-electron chi connectivity index (χ0n) is 17.9. The van der Waals surface area contributed by atoms with Crippen molar-refractivity contribution < 1.29 is 9.13 Å². The molecule has 0 amide bonds. The van der Waals surface area contributed by atoms with Crippen LogP contribution in [0.5, 0.6) is 5.75 Å². The van der Waals surface area contributed by atoms with Crippen molar-refractivity contribution in [2.24, 2.45) is 0 Å². The maximum Gasteiger partial charge on any atom is 0.191 e. The number of benzene rings is 2. The number of ether oxygens (including phenoxy) is 1. The van der Waals surface area contributed by atoms with Gasteiger partial charge in [-0.05, 0) is 41.7 Å². The highest BCUT2D eigenvalue weighted by molar-refractivity contribution is 7.98. The van der Waals surface area contributed by atoms with Crippen LogP contribution in [0.1, 0.15) is 50.8 Å². The molecule has 4 nitrogen and oxygen atoms in total. The zero-order valence-corrected chi connectivity index (χ0v) is 18.7. The third-order valence-corrected chi connectivity index (χ3v) is 5.78. The number of halogens is 1. The summed E-state index contributed by atoms with van der Waals surface area (Å²) in [6.07, 6.45) is 1.51. The highest BCUT2D eigenvalue weighted by Crippen LogP contribution is 2.29. The van der Waals surface area contributed by atoms with E-state index in [1.165, 1.54) is 23.4 Å². The molecule has 1 atom stereocenters. The number of rotatable bonds is 8. The Morgan fingerprint density at radius 3 is 2.47 bits per heavy atom. The van der Waals surface area contributed by atoms with Crippen LogP contribution in [0.4, 0.5) is 4.39 Å². The van der Waals surface area contributed by atoms with Crippen molar-refractivity contribution in [3.05, 3.63) is 84.0 Å². The second-order valence-corrected chi connectivity index (χ2v) is 9.10. The van der Waals surface area contributed by atoms with Crippen LogP contribution in [-0.2, 0) is 17.7 Å².